The average Bonchev–Trinajstić information content (AvgIpc) is 3.79. The third-order valence-corrected chi connectivity index (χ3v) is 9.99. The standard InChI is InChI=1S/C28H42F3N5O7S/c1-17-13-21-22(37)33-27(24(39)34-44(41,42)19-8-9-19)14-18(27)7-5-6-11-35(16-28(29,30)31)12-10-20(23(38)36(21)15-17)32-25(40)43-26(2,3)4/h5,7,17-21H,6,8-16H2,1-4H3,(H,32,40)(H,33,37)(H,34,39)/b7-5-/t17-,18-,20+,21+,27-/m1/s1. The fourth-order valence-electron chi connectivity index (χ4n) is 5.77. The maximum atomic E-state index is 13.9. The number of nitrogens with zero attached hydrogens (tertiary/aromatic N) is 2. The third kappa shape index (κ3) is 8.64. The van der Waals surface area contributed by atoms with Crippen molar-refractivity contribution in [1.82, 2.24) is 25.2 Å². The van der Waals surface area contributed by atoms with Gasteiger partial charge in [-0.15, -0.1) is 0 Å². The van der Waals surface area contributed by atoms with E-state index in [0.717, 1.165) is 4.90 Å². The Morgan fingerprint density at radius 2 is 1.82 bits per heavy atom. The number of rotatable bonds is 5. The Balaban J connectivity index is 1.64. The topological polar surface area (TPSA) is 154 Å². The predicted octanol–water partition coefficient (Wildman–Crippen LogP) is 1.81. The Hall–Kier alpha value is -2.88. The van der Waals surface area contributed by atoms with Gasteiger partial charge in [-0.25, -0.2) is 13.2 Å². The number of ether oxygens (including phenoxy) is 1. The number of alkyl carbamates (subject to hydrolysis) is 1. The molecule has 12 nitrogen and oxygen atoms in total. The second-order valence-electron chi connectivity index (χ2n) is 13.4. The quantitative estimate of drug-likeness (QED) is 0.381. The molecule has 0 radical (unpaired) electrons. The van der Waals surface area contributed by atoms with Crippen LogP contribution in [0.1, 0.15) is 66.2 Å². The zero-order chi connectivity index (χ0) is 32.7. The summed E-state index contributed by atoms with van der Waals surface area (Å²) >= 11 is 0. The van der Waals surface area contributed by atoms with E-state index in [9.17, 15) is 40.8 Å². The van der Waals surface area contributed by atoms with Crippen LogP contribution >= 0.6 is 0 Å². The van der Waals surface area contributed by atoms with Gasteiger partial charge in [-0.05, 0) is 65.2 Å². The van der Waals surface area contributed by atoms with Crippen molar-refractivity contribution in [1.29, 1.82) is 0 Å². The van der Waals surface area contributed by atoms with E-state index in [4.69, 9.17) is 4.74 Å². The molecule has 44 heavy (non-hydrogen) atoms. The molecule has 3 fully saturated rings. The molecule has 0 bridgehead atoms. The van der Waals surface area contributed by atoms with Gasteiger partial charge in [-0.1, -0.05) is 19.1 Å². The molecule has 3 N–H and O–H groups in total. The summed E-state index contributed by atoms with van der Waals surface area (Å²) in [6.07, 6.45) is -1.08. The summed E-state index contributed by atoms with van der Waals surface area (Å²) in [7, 11) is -3.93. The number of halogens is 3. The minimum atomic E-state index is -4.52. The van der Waals surface area contributed by atoms with E-state index >= 15 is 0 Å². The predicted molar refractivity (Wildman–Crippen MR) is 152 cm³/mol. The van der Waals surface area contributed by atoms with E-state index in [1.807, 2.05) is 6.92 Å². The van der Waals surface area contributed by atoms with Gasteiger partial charge in [0, 0.05) is 25.6 Å². The molecule has 1 saturated heterocycles. The van der Waals surface area contributed by atoms with Gasteiger partial charge >= 0.3 is 12.3 Å². The number of sulfonamides is 1. The van der Waals surface area contributed by atoms with E-state index in [1.165, 1.54) is 4.90 Å². The summed E-state index contributed by atoms with van der Waals surface area (Å²) in [5.74, 6) is -2.94. The van der Waals surface area contributed by atoms with Gasteiger partial charge in [-0.2, -0.15) is 13.2 Å². The Morgan fingerprint density at radius 1 is 1.14 bits per heavy atom. The molecule has 248 valence electrons. The number of alkyl halides is 3. The van der Waals surface area contributed by atoms with Crippen molar-refractivity contribution in [3.63, 3.8) is 0 Å². The molecule has 2 aliphatic carbocycles. The Labute approximate surface area is 255 Å². The van der Waals surface area contributed by atoms with Crippen molar-refractivity contribution in [2.45, 2.75) is 101 Å². The summed E-state index contributed by atoms with van der Waals surface area (Å²) in [6.45, 7) is 5.36. The molecule has 0 spiro atoms. The van der Waals surface area contributed by atoms with Gasteiger partial charge in [0.05, 0.1) is 11.8 Å². The highest BCUT2D eigenvalue weighted by Crippen LogP contribution is 2.46. The lowest BCUT2D eigenvalue weighted by atomic mass is 10.1. The largest absolute Gasteiger partial charge is 0.444 e. The summed E-state index contributed by atoms with van der Waals surface area (Å²) in [6, 6.07) is -2.34. The lowest BCUT2D eigenvalue weighted by molar-refractivity contribution is -0.147. The van der Waals surface area contributed by atoms with Crippen LogP contribution < -0.4 is 15.4 Å². The molecule has 2 aliphatic heterocycles. The van der Waals surface area contributed by atoms with Crippen molar-refractivity contribution >= 4 is 33.8 Å². The first kappa shape index (κ1) is 34.0. The molecule has 4 rings (SSSR count). The molecular formula is C28H42F3N5O7S. The number of hydrogen-bond acceptors (Lipinski definition) is 8. The molecule has 2 heterocycles. The highest BCUT2D eigenvalue weighted by Gasteiger charge is 2.62. The molecule has 0 unspecified atom stereocenters. The Bertz CT molecular complexity index is 1280. The number of amides is 4. The van der Waals surface area contributed by atoms with Crippen molar-refractivity contribution < 1.29 is 45.5 Å². The van der Waals surface area contributed by atoms with Gasteiger partial charge in [-0.3, -0.25) is 24.0 Å². The normalized spacial score (nSPS) is 31.5. The van der Waals surface area contributed by atoms with E-state index in [1.54, 1.807) is 32.9 Å². The van der Waals surface area contributed by atoms with Gasteiger partial charge in [0.15, 0.2) is 0 Å². The minimum absolute atomic E-state index is 0.0406. The molecule has 5 atom stereocenters. The van der Waals surface area contributed by atoms with Crippen LogP contribution in [0.5, 0.6) is 0 Å². The third-order valence-electron chi connectivity index (χ3n) is 8.17. The molecule has 0 aromatic rings. The van der Waals surface area contributed by atoms with Crippen LogP contribution in [0, 0.1) is 11.8 Å². The molecule has 0 aromatic carbocycles. The number of nitrogens with one attached hydrogen (secondary N) is 3. The number of hydrogen-bond donors (Lipinski definition) is 3. The van der Waals surface area contributed by atoms with Crippen molar-refractivity contribution in [3.8, 4) is 0 Å². The van der Waals surface area contributed by atoms with Crippen LogP contribution in [0.25, 0.3) is 0 Å². The number of fused-ring (bicyclic) bond motifs is 2. The first-order chi connectivity index (χ1) is 20.3. The van der Waals surface area contributed by atoms with Gasteiger partial charge in [0.1, 0.15) is 23.2 Å². The first-order valence-corrected chi connectivity index (χ1v) is 16.5. The maximum absolute atomic E-state index is 13.9. The van der Waals surface area contributed by atoms with Gasteiger partial charge in [0.2, 0.25) is 21.8 Å². The number of carbonyl (C=O) groups is 4. The minimum Gasteiger partial charge on any atom is -0.444 e. The second kappa shape index (κ2) is 12.5. The Morgan fingerprint density at radius 3 is 2.43 bits per heavy atom. The average molecular weight is 650 g/mol. The SMILES string of the molecule is C[C@@H]1C[C@H]2C(=O)N[C@]3(C(=O)NS(=O)(=O)C4CC4)C[C@H]3/C=C\CCN(CC(F)(F)F)CC[C@H](NC(=O)OC(C)(C)C)C(=O)N2C1. The second-order valence-corrected chi connectivity index (χ2v) is 15.4. The molecule has 4 aliphatic rings. The molecule has 0 aromatic heterocycles. The highest BCUT2D eigenvalue weighted by atomic mass is 32.2. The van der Waals surface area contributed by atoms with Crippen LogP contribution in [0.15, 0.2) is 12.2 Å². The smallest absolute Gasteiger partial charge is 0.408 e. The molecule has 2 saturated carbocycles. The summed E-state index contributed by atoms with van der Waals surface area (Å²) in [5.41, 5.74) is -2.50. The fourth-order valence-corrected chi connectivity index (χ4v) is 7.13. The summed E-state index contributed by atoms with van der Waals surface area (Å²) < 4.78 is 72.9. The molecule has 16 heteroatoms. The van der Waals surface area contributed by atoms with Gasteiger partial charge < -0.3 is 20.3 Å². The lowest BCUT2D eigenvalue weighted by Gasteiger charge is -2.31. The zero-order valence-electron chi connectivity index (χ0n) is 25.4. The van der Waals surface area contributed by atoms with Crippen LogP contribution in [0.2, 0.25) is 0 Å². The van der Waals surface area contributed by atoms with Crippen LogP contribution in [-0.4, -0.2) is 103 Å². The summed E-state index contributed by atoms with van der Waals surface area (Å²) in [4.78, 5) is 56.0. The fraction of sp³-hybridized carbons (Fsp3) is 0.786. The number of carbonyl (C=O) groups excluding carboxylic acids is 4. The molecule has 4 amide bonds. The zero-order valence-corrected chi connectivity index (χ0v) is 26.2. The van der Waals surface area contributed by atoms with Gasteiger partial charge in [0.25, 0.3) is 5.91 Å². The van der Waals surface area contributed by atoms with E-state index in [-0.39, 0.29) is 51.2 Å². The monoisotopic (exact) mass is 649 g/mol. The van der Waals surface area contributed by atoms with E-state index in [0.29, 0.717) is 12.8 Å². The van der Waals surface area contributed by atoms with Crippen LogP contribution in [-0.2, 0) is 29.1 Å². The first-order valence-electron chi connectivity index (χ1n) is 14.9. The van der Waals surface area contributed by atoms with E-state index in [2.05, 4.69) is 15.4 Å². The van der Waals surface area contributed by atoms with E-state index < -0.39 is 81.0 Å². The Kier molecular flexibility index (Phi) is 9.65. The van der Waals surface area contributed by atoms with Crippen LogP contribution in [0.3, 0.4) is 0 Å². The van der Waals surface area contributed by atoms with Crippen molar-refractivity contribution in [3.05, 3.63) is 12.2 Å². The molecular weight excluding hydrogens is 607 g/mol. The van der Waals surface area contributed by atoms with Crippen molar-refractivity contribution in [2.75, 3.05) is 26.2 Å². The summed E-state index contributed by atoms with van der Waals surface area (Å²) in [5, 5.41) is 4.54. The highest BCUT2D eigenvalue weighted by molar-refractivity contribution is 7.91. The maximum Gasteiger partial charge on any atom is 0.408 e. The van der Waals surface area contributed by atoms with Crippen molar-refractivity contribution in [2.24, 2.45) is 11.8 Å². The van der Waals surface area contributed by atoms with Crippen LogP contribution in [0.4, 0.5) is 18.0 Å². The lowest BCUT2D eigenvalue weighted by Crippen LogP contribution is -2.58.